The van der Waals surface area contributed by atoms with Crippen LogP contribution < -0.4 is 4.74 Å². The Hall–Kier alpha value is -2.05. The first-order valence-corrected chi connectivity index (χ1v) is 6.05. The van der Waals surface area contributed by atoms with Crippen molar-refractivity contribution >= 4 is 29.4 Å². The number of hydrogen-bond donors (Lipinski definition) is 2. The lowest BCUT2D eigenvalue weighted by molar-refractivity contribution is 0.142. The fraction of sp³-hybridized carbons (Fsp3) is 0. The number of phenols is 1. The Labute approximate surface area is 128 Å². The van der Waals surface area contributed by atoms with Crippen LogP contribution in [0.5, 0.6) is 11.5 Å². The molecule has 8 heteroatoms. The molecule has 112 valence electrons. The maximum Gasteiger partial charge on any atom is 0.511 e. The summed E-state index contributed by atoms with van der Waals surface area (Å²) in [6, 6.07) is 7.13. The van der Waals surface area contributed by atoms with E-state index in [1.807, 2.05) is 0 Å². The Morgan fingerprint density at radius 2 is 1.52 bits per heavy atom. The molecule has 0 spiro atoms. The lowest BCUT2D eigenvalue weighted by Gasteiger charge is -2.00. The van der Waals surface area contributed by atoms with E-state index >= 15 is 0 Å². The largest absolute Gasteiger partial charge is 0.511 e. The number of carboxylic acid groups (broad SMARTS) is 1. The summed E-state index contributed by atoms with van der Waals surface area (Å²) in [5.74, 6) is -2.22. The fourth-order valence-corrected chi connectivity index (χ4v) is 1.45. The average molecular weight is 337 g/mol. The monoisotopic (exact) mass is 336 g/mol. The third-order valence-corrected chi connectivity index (χ3v) is 2.47. The van der Waals surface area contributed by atoms with Gasteiger partial charge >= 0.3 is 6.16 Å². The molecule has 2 aromatic carbocycles. The van der Waals surface area contributed by atoms with E-state index in [2.05, 4.69) is 4.74 Å². The predicted octanol–water partition coefficient (Wildman–Crippen LogP) is 4.72. The molecule has 0 amide bonds. The number of ether oxygens (including phenoxy) is 1. The molecule has 0 atom stereocenters. The molecule has 0 radical (unpaired) electrons. The Balaban J connectivity index is 0.000000219. The van der Waals surface area contributed by atoms with Gasteiger partial charge in [-0.1, -0.05) is 23.2 Å². The second-order valence-corrected chi connectivity index (χ2v) is 4.41. The average Bonchev–Trinajstić information content (AvgIpc) is 2.38. The number of benzene rings is 2. The quantitative estimate of drug-likeness (QED) is 0.584. The summed E-state index contributed by atoms with van der Waals surface area (Å²) in [5.41, 5.74) is 0. The van der Waals surface area contributed by atoms with Crippen LogP contribution in [0, 0.1) is 11.6 Å². The summed E-state index contributed by atoms with van der Waals surface area (Å²) >= 11 is 10.8. The zero-order valence-electron chi connectivity index (χ0n) is 10.2. The maximum absolute atomic E-state index is 12.7. The van der Waals surface area contributed by atoms with E-state index < -0.39 is 17.8 Å². The molecule has 0 aliphatic rings. The number of hydrogen-bond acceptors (Lipinski definition) is 3. The predicted molar refractivity (Wildman–Crippen MR) is 73.1 cm³/mol. The van der Waals surface area contributed by atoms with Crippen molar-refractivity contribution in [2.75, 3.05) is 0 Å². The molecule has 0 heterocycles. The minimum absolute atomic E-state index is 0.185. The Morgan fingerprint density at radius 3 is 1.95 bits per heavy atom. The van der Waals surface area contributed by atoms with Gasteiger partial charge in [0.25, 0.3) is 0 Å². The molecule has 21 heavy (non-hydrogen) atoms. The summed E-state index contributed by atoms with van der Waals surface area (Å²) < 4.78 is 29.1. The smallest absolute Gasteiger partial charge is 0.505 e. The van der Waals surface area contributed by atoms with Crippen LogP contribution in [0.4, 0.5) is 13.6 Å². The van der Waals surface area contributed by atoms with Crippen molar-refractivity contribution in [2.24, 2.45) is 0 Å². The maximum atomic E-state index is 12.7. The lowest BCUT2D eigenvalue weighted by Crippen LogP contribution is -2.04. The number of rotatable bonds is 1. The summed E-state index contributed by atoms with van der Waals surface area (Å²) in [5, 5.41) is 17.2. The minimum Gasteiger partial charge on any atom is -0.505 e. The number of aromatic hydroxyl groups is 1. The summed E-state index contributed by atoms with van der Waals surface area (Å²) in [7, 11) is 0. The first-order valence-electron chi connectivity index (χ1n) is 5.29. The van der Waals surface area contributed by atoms with Gasteiger partial charge in [-0.2, -0.15) is 0 Å². The highest BCUT2D eigenvalue weighted by molar-refractivity contribution is 6.30. The van der Waals surface area contributed by atoms with Crippen molar-refractivity contribution in [1.29, 1.82) is 0 Å². The van der Waals surface area contributed by atoms with Crippen LogP contribution in [0.25, 0.3) is 0 Å². The first-order chi connectivity index (χ1) is 9.79. The molecule has 0 aliphatic heterocycles. The molecule has 0 bridgehead atoms. The Kier molecular flexibility index (Phi) is 6.20. The molecule has 4 nitrogen and oxygen atoms in total. The van der Waals surface area contributed by atoms with E-state index in [4.69, 9.17) is 33.4 Å². The van der Waals surface area contributed by atoms with Crippen molar-refractivity contribution in [3.05, 3.63) is 58.1 Å². The van der Waals surface area contributed by atoms with Crippen LogP contribution >= 0.6 is 23.2 Å². The molecular formula is C13H8Cl2F2O4. The second-order valence-electron chi connectivity index (χ2n) is 3.54. The van der Waals surface area contributed by atoms with Crippen LogP contribution in [-0.4, -0.2) is 16.4 Å². The zero-order chi connectivity index (χ0) is 16.0. The van der Waals surface area contributed by atoms with Crippen LogP contribution in [0.3, 0.4) is 0 Å². The van der Waals surface area contributed by atoms with Crippen molar-refractivity contribution < 1.29 is 28.5 Å². The minimum atomic E-state index is -1.56. The van der Waals surface area contributed by atoms with Gasteiger partial charge in [0.05, 0.1) is 0 Å². The van der Waals surface area contributed by atoms with E-state index in [0.29, 0.717) is 0 Å². The van der Waals surface area contributed by atoms with Gasteiger partial charge in [0.15, 0.2) is 23.1 Å². The molecule has 2 rings (SSSR count). The van der Waals surface area contributed by atoms with Crippen molar-refractivity contribution in [3.8, 4) is 11.5 Å². The van der Waals surface area contributed by atoms with E-state index in [-0.39, 0.29) is 21.5 Å². The van der Waals surface area contributed by atoms with Crippen LogP contribution in [0.2, 0.25) is 10.0 Å². The standard InChI is InChI=1S/C7H4ClFO3.C6H4ClFO/c8-4-1-2-6(5(9)3-4)12-7(10)11;7-4-1-2-6(9)5(8)3-4/h1-3H,(H,10,11);1-3,9H. The number of carbonyl (C=O) groups is 1. The van der Waals surface area contributed by atoms with Crippen molar-refractivity contribution in [2.45, 2.75) is 0 Å². The van der Waals surface area contributed by atoms with Crippen LogP contribution in [0.1, 0.15) is 0 Å². The highest BCUT2D eigenvalue weighted by Gasteiger charge is 2.07. The van der Waals surface area contributed by atoms with E-state index in [0.717, 1.165) is 18.2 Å². The third-order valence-electron chi connectivity index (χ3n) is 2.00. The normalized spacial score (nSPS) is 9.52. The number of halogens is 4. The van der Waals surface area contributed by atoms with Gasteiger partial charge in [-0.05, 0) is 36.4 Å². The van der Waals surface area contributed by atoms with Gasteiger partial charge in [0, 0.05) is 10.0 Å². The summed E-state index contributed by atoms with van der Waals surface area (Å²) in [6.45, 7) is 0. The SMILES string of the molecule is O=C(O)Oc1ccc(Cl)cc1F.Oc1ccc(Cl)cc1F. The second kappa shape index (κ2) is 7.66. The molecule has 0 saturated carbocycles. The third kappa shape index (κ3) is 5.85. The van der Waals surface area contributed by atoms with Gasteiger partial charge in [0.2, 0.25) is 0 Å². The van der Waals surface area contributed by atoms with E-state index in [1.165, 1.54) is 18.2 Å². The zero-order valence-corrected chi connectivity index (χ0v) is 11.7. The number of phenolic OH excluding ortho intramolecular Hbond substituents is 1. The van der Waals surface area contributed by atoms with E-state index in [9.17, 15) is 13.6 Å². The molecule has 0 aliphatic carbocycles. The summed E-state index contributed by atoms with van der Waals surface area (Å²) in [4.78, 5) is 9.98. The molecule has 0 fully saturated rings. The highest BCUT2D eigenvalue weighted by atomic mass is 35.5. The lowest BCUT2D eigenvalue weighted by atomic mass is 10.3. The van der Waals surface area contributed by atoms with Crippen LogP contribution in [0.15, 0.2) is 36.4 Å². The molecule has 2 aromatic rings. The van der Waals surface area contributed by atoms with E-state index in [1.54, 1.807) is 0 Å². The van der Waals surface area contributed by atoms with Gasteiger partial charge in [0.1, 0.15) is 0 Å². The Bertz CT molecular complexity index is 650. The molecule has 0 saturated heterocycles. The van der Waals surface area contributed by atoms with Crippen molar-refractivity contribution in [1.82, 2.24) is 0 Å². The van der Waals surface area contributed by atoms with Gasteiger partial charge in [-0.15, -0.1) is 0 Å². The van der Waals surface area contributed by atoms with Gasteiger partial charge in [-0.3, -0.25) is 0 Å². The van der Waals surface area contributed by atoms with Gasteiger partial charge < -0.3 is 14.9 Å². The summed E-state index contributed by atoms with van der Waals surface area (Å²) in [6.07, 6.45) is -1.56. The van der Waals surface area contributed by atoms with Crippen molar-refractivity contribution in [3.63, 3.8) is 0 Å². The highest BCUT2D eigenvalue weighted by Crippen LogP contribution is 2.21. The molecule has 0 aromatic heterocycles. The fourth-order valence-electron chi connectivity index (χ4n) is 1.13. The topological polar surface area (TPSA) is 66.8 Å². The molecule has 0 unspecified atom stereocenters. The Morgan fingerprint density at radius 1 is 1.00 bits per heavy atom. The molecule has 2 N–H and O–H groups in total. The first kappa shape index (κ1) is 17.0. The molecular weight excluding hydrogens is 329 g/mol. The van der Waals surface area contributed by atoms with Crippen LogP contribution in [-0.2, 0) is 0 Å². The van der Waals surface area contributed by atoms with Gasteiger partial charge in [-0.25, -0.2) is 13.6 Å².